The van der Waals surface area contributed by atoms with Gasteiger partial charge >= 0.3 is 0 Å². The molecule has 4 nitrogen and oxygen atoms in total. The van der Waals surface area contributed by atoms with Crippen LogP contribution >= 0.6 is 11.8 Å². The highest BCUT2D eigenvalue weighted by Gasteiger charge is 2.31. The number of thioether (sulfide) groups is 1. The summed E-state index contributed by atoms with van der Waals surface area (Å²) in [5.41, 5.74) is 0. The SMILES string of the molecule is CC(C)CNC(=O)C(C)NC1=NC2CCCC2CS1. The van der Waals surface area contributed by atoms with Crippen LogP contribution in [-0.4, -0.2) is 35.5 Å². The summed E-state index contributed by atoms with van der Waals surface area (Å²) in [4.78, 5) is 16.7. The summed E-state index contributed by atoms with van der Waals surface area (Å²) in [5, 5.41) is 7.16. The molecule has 108 valence electrons. The third-order valence-electron chi connectivity index (χ3n) is 3.75. The molecular weight excluding hydrogens is 258 g/mol. The molecule has 19 heavy (non-hydrogen) atoms. The van der Waals surface area contributed by atoms with Gasteiger partial charge in [0.15, 0.2) is 5.17 Å². The molecule has 2 aliphatic rings. The zero-order valence-electron chi connectivity index (χ0n) is 12.1. The average Bonchev–Trinajstić information content (AvgIpc) is 2.83. The first-order valence-corrected chi connectivity index (χ1v) is 8.29. The van der Waals surface area contributed by atoms with Gasteiger partial charge in [-0.25, -0.2) is 0 Å². The Bertz CT molecular complexity index is 357. The molecule has 2 N–H and O–H groups in total. The summed E-state index contributed by atoms with van der Waals surface area (Å²) >= 11 is 1.77. The number of nitrogens with zero attached hydrogens (tertiary/aromatic N) is 1. The molecule has 1 heterocycles. The number of carbonyl (C=O) groups is 1. The molecule has 0 spiro atoms. The smallest absolute Gasteiger partial charge is 0.242 e. The van der Waals surface area contributed by atoms with Gasteiger partial charge in [-0.1, -0.05) is 32.0 Å². The highest BCUT2D eigenvalue weighted by molar-refractivity contribution is 8.13. The molecule has 3 atom stereocenters. The van der Waals surface area contributed by atoms with Crippen LogP contribution in [0.2, 0.25) is 0 Å². The Kier molecular flexibility index (Phi) is 5.13. The standard InChI is InChI=1S/C14H25N3OS/c1-9(2)7-15-13(18)10(3)16-14-17-12-6-4-5-11(12)8-19-14/h9-12H,4-8H2,1-3H3,(H,15,18)(H,16,17). The van der Waals surface area contributed by atoms with Crippen molar-refractivity contribution in [2.75, 3.05) is 12.3 Å². The van der Waals surface area contributed by atoms with Gasteiger partial charge in [-0.3, -0.25) is 9.79 Å². The van der Waals surface area contributed by atoms with Crippen molar-refractivity contribution < 1.29 is 4.79 Å². The van der Waals surface area contributed by atoms with Gasteiger partial charge in [0.25, 0.3) is 0 Å². The van der Waals surface area contributed by atoms with E-state index in [0.29, 0.717) is 12.0 Å². The molecule has 0 aromatic carbocycles. The topological polar surface area (TPSA) is 53.5 Å². The van der Waals surface area contributed by atoms with Crippen molar-refractivity contribution in [3.63, 3.8) is 0 Å². The van der Waals surface area contributed by atoms with Gasteiger partial charge in [0.05, 0.1) is 6.04 Å². The normalized spacial score (nSPS) is 27.7. The van der Waals surface area contributed by atoms with Gasteiger partial charge in [-0.15, -0.1) is 0 Å². The molecule has 1 aliphatic carbocycles. The molecule has 1 saturated carbocycles. The van der Waals surface area contributed by atoms with Gasteiger partial charge in [0, 0.05) is 12.3 Å². The number of rotatable bonds is 4. The van der Waals surface area contributed by atoms with Gasteiger partial charge in [-0.2, -0.15) is 0 Å². The predicted molar refractivity (Wildman–Crippen MR) is 81.5 cm³/mol. The summed E-state index contributed by atoms with van der Waals surface area (Å²) in [7, 11) is 0. The maximum atomic E-state index is 11.9. The molecule has 1 aliphatic heterocycles. The van der Waals surface area contributed by atoms with Crippen LogP contribution in [0, 0.1) is 11.8 Å². The van der Waals surface area contributed by atoms with E-state index in [2.05, 4.69) is 24.5 Å². The maximum absolute atomic E-state index is 11.9. The van der Waals surface area contributed by atoms with Crippen molar-refractivity contribution in [3.8, 4) is 0 Å². The summed E-state index contributed by atoms with van der Waals surface area (Å²) in [5.74, 6) is 2.46. The van der Waals surface area contributed by atoms with Crippen LogP contribution in [0.5, 0.6) is 0 Å². The number of amides is 1. The number of fused-ring (bicyclic) bond motifs is 1. The molecule has 0 aromatic rings. The molecule has 0 aromatic heterocycles. The van der Waals surface area contributed by atoms with Crippen LogP contribution in [0.4, 0.5) is 0 Å². The Morgan fingerprint density at radius 1 is 1.42 bits per heavy atom. The van der Waals surface area contributed by atoms with Crippen LogP contribution in [0.1, 0.15) is 40.0 Å². The first-order valence-electron chi connectivity index (χ1n) is 7.31. The number of amidine groups is 1. The second-order valence-electron chi connectivity index (χ2n) is 6.01. The molecule has 0 bridgehead atoms. The van der Waals surface area contributed by atoms with E-state index in [1.165, 1.54) is 19.3 Å². The van der Waals surface area contributed by atoms with Gasteiger partial charge in [0.2, 0.25) is 5.91 Å². The number of nitrogens with one attached hydrogen (secondary N) is 2. The lowest BCUT2D eigenvalue weighted by atomic mass is 10.1. The second-order valence-corrected chi connectivity index (χ2v) is 7.02. The lowest BCUT2D eigenvalue weighted by Crippen LogP contribution is -2.46. The van der Waals surface area contributed by atoms with Crippen LogP contribution in [-0.2, 0) is 4.79 Å². The number of carbonyl (C=O) groups excluding carboxylic acids is 1. The third-order valence-corrected chi connectivity index (χ3v) is 4.85. The van der Waals surface area contributed by atoms with Crippen molar-refractivity contribution in [1.29, 1.82) is 0 Å². The van der Waals surface area contributed by atoms with Crippen molar-refractivity contribution >= 4 is 22.8 Å². The molecule has 5 heteroatoms. The van der Waals surface area contributed by atoms with E-state index < -0.39 is 0 Å². The summed E-state index contributed by atoms with van der Waals surface area (Å²) in [6, 6.07) is 0.289. The van der Waals surface area contributed by atoms with Gasteiger partial charge in [0.1, 0.15) is 6.04 Å². The number of hydrogen-bond acceptors (Lipinski definition) is 4. The fourth-order valence-corrected chi connectivity index (χ4v) is 3.77. The monoisotopic (exact) mass is 283 g/mol. The largest absolute Gasteiger partial charge is 0.354 e. The van der Waals surface area contributed by atoms with Crippen molar-refractivity contribution in [1.82, 2.24) is 10.6 Å². The minimum Gasteiger partial charge on any atom is -0.354 e. The maximum Gasteiger partial charge on any atom is 0.242 e. The highest BCUT2D eigenvalue weighted by atomic mass is 32.2. The Hall–Kier alpha value is -0.710. The Labute approximate surface area is 120 Å². The molecular formula is C14H25N3OS. The van der Waals surface area contributed by atoms with Crippen LogP contribution in [0.25, 0.3) is 0 Å². The summed E-state index contributed by atoms with van der Waals surface area (Å²) in [6.45, 7) is 6.83. The zero-order valence-corrected chi connectivity index (χ0v) is 12.9. The van der Waals surface area contributed by atoms with Crippen LogP contribution < -0.4 is 10.6 Å². The predicted octanol–water partition coefficient (Wildman–Crippen LogP) is 2.01. The third kappa shape index (κ3) is 4.13. The van der Waals surface area contributed by atoms with Crippen molar-refractivity contribution in [3.05, 3.63) is 0 Å². The second kappa shape index (κ2) is 6.64. The molecule has 3 unspecified atom stereocenters. The van der Waals surface area contributed by atoms with E-state index in [9.17, 15) is 4.79 Å². The van der Waals surface area contributed by atoms with Crippen LogP contribution in [0.15, 0.2) is 4.99 Å². The Morgan fingerprint density at radius 2 is 2.21 bits per heavy atom. The van der Waals surface area contributed by atoms with Gasteiger partial charge < -0.3 is 10.6 Å². The molecule has 1 amide bonds. The first-order chi connectivity index (χ1) is 9.06. The van der Waals surface area contributed by atoms with E-state index >= 15 is 0 Å². The number of hydrogen-bond donors (Lipinski definition) is 2. The molecule has 2 rings (SSSR count). The Morgan fingerprint density at radius 3 is 2.95 bits per heavy atom. The summed E-state index contributed by atoms with van der Waals surface area (Å²) < 4.78 is 0. The average molecular weight is 283 g/mol. The molecule has 0 radical (unpaired) electrons. The molecule has 1 fully saturated rings. The fraction of sp³-hybridized carbons (Fsp3) is 0.857. The minimum absolute atomic E-state index is 0.0607. The minimum atomic E-state index is -0.206. The number of aliphatic imine (C=N–C) groups is 1. The van der Waals surface area contributed by atoms with E-state index in [4.69, 9.17) is 4.99 Å². The fourth-order valence-electron chi connectivity index (χ4n) is 2.54. The van der Waals surface area contributed by atoms with E-state index in [1.807, 2.05) is 6.92 Å². The van der Waals surface area contributed by atoms with Crippen LogP contribution in [0.3, 0.4) is 0 Å². The lowest BCUT2D eigenvalue weighted by Gasteiger charge is -2.25. The van der Waals surface area contributed by atoms with Gasteiger partial charge in [-0.05, 0) is 31.6 Å². The zero-order chi connectivity index (χ0) is 13.8. The molecule has 0 saturated heterocycles. The lowest BCUT2D eigenvalue weighted by molar-refractivity contribution is -0.122. The quantitative estimate of drug-likeness (QED) is 0.830. The summed E-state index contributed by atoms with van der Waals surface area (Å²) in [6.07, 6.45) is 3.83. The Balaban J connectivity index is 1.81. The first kappa shape index (κ1) is 14.7. The van der Waals surface area contributed by atoms with Crippen molar-refractivity contribution in [2.45, 2.75) is 52.1 Å². The highest BCUT2D eigenvalue weighted by Crippen LogP contribution is 2.34. The van der Waals surface area contributed by atoms with E-state index in [-0.39, 0.29) is 11.9 Å². The van der Waals surface area contributed by atoms with Crippen molar-refractivity contribution in [2.24, 2.45) is 16.8 Å². The van der Waals surface area contributed by atoms with E-state index in [0.717, 1.165) is 23.4 Å². The van der Waals surface area contributed by atoms with E-state index in [1.54, 1.807) is 11.8 Å².